The highest BCUT2D eigenvalue weighted by molar-refractivity contribution is 6.30. The number of likely N-dealkylation sites (tertiary alicyclic amines) is 2. The highest BCUT2D eigenvalue weighted by atomic mass is 35.5. The van der Waals surface area contributed by atoms with Crippen LogP contribution in [-0.2, 0) is 16.0 Å². The van der Waals surface area contributed by atoms with Crippen LogP contribution in [0.2, 0.25) is 5.02 Å². The molecule has 1 aromatic rings. The quantitative estimate of drug-likeness (QED) is 0.795. The molecule has 2 fully saturated rings. The van der Waals surface area contributed by atoms with Gasteiger partial charge in [0.25, 0.3) is 0 Å². The summed E-state index contributed by atoms with van der Waals surface area (Å²) in [7, 11) is 5.73. The Bertz CT molecular complexity index is 681. The van der Waals surface area contributed by atoms with Gasteiger partial charge in [0.15, 0.2) is 0 Å². The average molecular weight is 392 g/mol. The molecule has 2 saturated heterocycles. The number of hydrogen-bond acceptors (Lipinski definition) is 3. The highest BCUT2D eigenvalue weighted by Gasteiger charge is 2.49. The van der Waals surface area contributed by atoms with Crippen molar-refractivity contribution in [3.8, 4) is 0 Å². The Balaban J connectivity index is 1.66. The summed E-state index contributed by atoms with van der Waals surface area (Å²) in [6, 6.07) is 7.39. The van der Waals surface area contributed by atoms with Gasteiger partial charge in [-0.25, -0.2) is 0 Å². The Morgan fingerprint density at radius 2 is 1.74 bits per heavy atom. The molecule has 1 atom stereocenters. The van der Waals surface area contributed by atoms with E-state index in [0.29, 0.717) is 11.4 Å². The SMILES string of the molecule is CN(C)C(=O)C1N(C)CCCC12CCN(C(=O)Cc1ccc(Cl)cc1)CC2. The van der Waals surface area contributed by atoms with Crippen molar-refractivity contribution in [1.82, 2.24) is 14.7 Å². The number of benzene rings is 1. The van der Waals surface area contributed by atoms with Crippen LogP contribution in [0.15, 0.2) is 24.3 Å². The number of carbonyl (C=O) groups is 2. The lowest BCUT2D eigenvalue weighted by Crippen LogP contribution is -2.61. The third kappa shape index (κ3) is 4.30. The van der Waals surface area contributed by atoms with Crippen LogP contribution < -0.4 is 0 Å². The minimum atomic E-state index is -0.0743. The first-order valence-corrected chi connectivity index (χ1v) is 10.1. The van der Waals surface area contributed by atoms with Gasteiger partial charge in [0.2, 0.25) is 11.8 Å². The van der Waals surface area contributed by atoms with Crippen LogP contribution in [0.1, 0.15) is 31.2 Å². The molecule has 0 N–H and O–H groups in total. The van der Waals surface area contributed by atoms with Gasteiger partial charge in [-0.1, -0.05) is 23.7 Å². The van der Waals surface area contributed by atoms with Gasteiger partial charge in [-0.3, -0.25) is 14.5 Å². The molecule has 148 valence electrons. The van der Waals surface area contributed by atoms with Gasteiger partial charge < -0.3 is 9.80 Å². The lowest BCUT2D eigenvalue weighted by atomic mass is 9.66. The molecule has 5 nitrogen and oxygen atoms in total. The van der Waals surface area contributed by atoms with E-state index in [4.69, 9.17) is 11.6 Å². The van der Waals surface area contributed by atoms with Crippen molar-refractivity contribution in [3.05, 3.63) is 34.9 Å². The van der Waals surface area contributed by atoms with Crippen LogP contribution in [0.3, 0.4) is 0 Å². The molecule has 3 rings (SSSR count). The van der Waals surface area contributed by atoms with Gasteiger partial charge in [-0.2, -0.15) is 0 Å². The molecule has 0 bridgehead atoms. The third-order valence-corrected chi connectivity index (χ3v) is 6.51. The van der Waals surface area contributed by atoms with E-state index in [1.54, 1.807) is 4.90 Å². The zero-order chi connectivity index (χ0) is 19.6. The van der Waals surface area contributed by atoms with E-state index in [1.165, 1.54) is 0 Å². The highest BCUT2D eigenvalue weighted by Crippen LogP contribution is 2.44. The molecular weight excluding hydrogens is 362 g/mol. The Morgan fingerprint density at radius 1 is 1.11 bits per heavy atom. The van der Waals surface area contributed by atoms with Gasteiger partial charge in [0.1, 0.15) is 0 Å². The molecule has 0 radical (unpaired) electrons. The van der Waals surface area contributed by atoms with Gasteiger partial charge in [-0.05, 0) is 62.4 Å². The lowest BCUT2D eigenvalue weighted by molar-refractivity contribution is -0.146. The van der Waals surface area contributed by atoms with Crippen LogP contribution in [0.25, 0.3) is 0 Å². The van der Waals surface area contributed by atoms with Crippen molar-refractivity contribution in [2.45, 2.75) is 38.1 Å². The van der Waals surface area contributed by atoms with Crippen LogP contribution in [-0.4, -0.2) is 73.3 Å². The predicted octanol–water partition coefficient (Wildman–Crippen LogP) is 2.67. The summed E-state index contributed by atoms with van der Waals surface area (Å²) in [4.78, 5) is 31.5. The maximum absolute atomic E-state index is 12.9. The standard InChI is InChI=1S/C21H30ClN3O2/c1-23(2)20(27)19-21(9-4-12-24(19)3)10-13-25(14-11-21)18(26)15-16-5-7-17(22)8-6-16/h5-8,19H,4,9-15H2,1-3H3. The monoisotopic (exact) mass is 391 g/mol. The van der Waals surface area contributed by atoms with Crippen LogP contribution in [0.5, 0.6) is 0 Å². The Morgan fingerprint density at radius 3 is 2.33 bits per heavy atom. The largest absolute Gasteiger partial charge is 0.347 e. The first-order chi connectivity index (χ1) is 12.8. The Labute approximate surface area is 167 Å². The third-order valence-electron chi connectivity index (χ3n) is 6.26. The maximum Gasteiger partial charge on any atom is 0.239 e. The van der Waals surface area contributed by atoms with E-state index in [2.05, 4.69) is 11.9 Å². The van der Waals surface area contributed by atoms with Crippen molar-refractivity contribution < 1.29 is 9.59 Å². The van der Waals surface area contributed by atoms with Crippen molar-refractivity contribution >= 4 is 23.4 Å². The summed E-state index contributed by atoms with van der Waals surface area (Å²) in [5, 5.41) is 0.684. The number of rotatable bonds is 3. The smallest absolute Gasteiger partial charge is 0.239 e. The zero-order valence-corrected chi connectivity index (χ0v) is 17.3. The molecule has 6 heteroatoms. The summed E-state index contributed by atoms with van der Waals surface area (Å²) in [5.41, 5.74) is 0.980. The van der Waals surface area contributed by atoms with Gasteiger partial charge in [0, 0.05) is 32.2 Å². The fourth-order valence-corrected chi connectivity index (χ4v) is 4.85. The van der Waals surface area contributed by atoms with E-state index in [0.717, 1.165) is 50.9 Å². The molecule has 1 unspecified atom stereocenters. The van der Waals surface area contributed by atoms with Crippen molar-refractivity contribution in [2.75, 3.05) is 40.8 Å². The van der Waals surface area contributed by atoms with E-state index in [9.17, 15) is 9.59 Å². The number of nitrogens with zero attached hydrogens (tertiary/aromatic N) is 3. The lowest BCUT2D eigenvalue weighted by Gasteiger charge is -2.52. The molecular formula is C21H30ClN3O2. The summed E-state index contributed by atoms with van der Waals surface area (Å²) < 4.78 is 0. The minimum Gasteiger partial charge on any atom is -0.347 e. The Hall–Kier alpha value is -1.59. The Kier molecular flexibility index (Phi) is 6.11. The van der Waals surface area contributed by atoms with E-state index in [1.807, 2.05) is 43.3 Å². The van der Waals surface area contributed by atoms with Crippen molar-refractivity contribution in [1.29, 1.82) is 0 Å². The normalized spacial score (nSPS) is 22.7. The summed E-state index contributed by atoms with van der Waals surface area (Å²) >= 11 is 5.92. The second-order valence-corrected chi connectivity index (χ2v) is 8.70. The molecule has 0 aliphatic carbocycles. The number of amides is 2. The fourth-order valence-electron chi connectivity index (χ4n) is 4.72. The molecule has 1 aromatic carbocycles. The molecule has 2 heterocycles. The number of likely N-dealkylation sites (N-methyl/N-ethyl adjacent to an activating group) is 2. The first kappa shape index (κ1) is 20.2. The van der Waals surface area contributed by atoms with Crippen LogP contribution in [0.4, 0.5) is 0 Å². The number of carbonyl (C=O) groups excluding carboxylic acids is 2. The van der Waals surface area contributed by atoms with E-state index in [-0.39, 0.29) is 23.3 Å². The minimum absolute atomic E-state index is 0.00853. The number of halogens is 1. The van der Waals surface area contributed by atoms with Gasteiger partial charge >= 0.3 is 0 Å². The molecule has 2 amide bonds. The second-order valence-electron chi connectivity index (χ2n) is 8.27. The first-order valence-electron chi connectivity index (χ1n) is 9.76. The molecule has 0 aromatic heterocycles. The molecule has 2 aliphatic rings. The van der Waals surface area contributed by atoms with Crippen molar-refractivity contribution in [3.63, 3.8) is 0 Å². The second kappa shape index (κ2) is 8.19. The number of piperidine rings is 2. The average Bonchev–Trinajstić information content (AvgIpc) is 2.64. The van der Waals surface area contributed by atoms with Crippen LogP contribution >= 0.6 is 11.6 Å². The number of hydrogen-bond donors (Lipinski definition) is 0. The summed E-state index contributed by atoms with van der Waals surface area (Å²) in [5.74, 6) is 0.352. The molecule has 0 saturated carbocycles. The van der Waals surface area contributed by atoms with Crippen LogP contribution in [0, 0.1) is 5.41 Å². The van der Waals surface area contributed by atoms with Gasteiger partial charge in [-0.15, -0.1) is 0 Å². The van der Waals surface area contributed by atoms with E-state index >= 15 is 0 Å². The molecule has 2 aliphatic heterocycles. The molecule has 1 spiro atoms. The summed E-state index contributed by atoms with van der Waals surface area (Å²) in [6.45, 7) is 2.43. The van der Waals surface area contributed by atoms with E-state index < -0.39 is 0 Å². The topological polar surface area (TPSA) is 43.9 Å². The predicted molar refractivity (Wildman–Crippen MR) is 108 cm³/mol. The van der Waals surface area contributed by atoms with Gasteiger partial charge in [0.05, 0.1) is 12.5 Å². The van der Waals surface area contributed by atoms with Crippen molar-refractivity contribution in [2.24, 2.45) is 5.41 Å². The summed E-state index contributed by atoms with van der Waals surface area (Å²) in [6.07, 6.45) is 4.39. The maximum atomic E-state index is 12.9. The molecule has 27 heavy (non-hydrogen) atoms. The zero-order valence-electron chi connectivity index (χ0n) is 16.6. The fraction of sp³-hybridized carbons (Fsp3) is 0.619.